The summed E-state index contributed by atoms with van der Waals surface area (Å²) in [5, 5.41) is 15.3. The highest BCUT2D eigenvalue weighted by Gasteiger charge is 2.33. The fourth-order valence-corrected chi connectivity index (χ4v) is 3.21. The monoisotopic (exact) mass is 232 g/mol. The molecule has 0 bridgehead atoms. The number of aromatic carboxylic acids is 1. The summed E-state index contributed by atoms with van der Waals surface area (Å²) in [7, 11) is -3.03. The van der Waals surface area contributed by atoms with E-state index in [0.29, 0.717) is 6.42 Å². The number of carboxylic acids is 1. The number of rotatable bonds is 2. The first-order valence-corrected chi connectivity index (χ1v) is 6.07. The van der Waals surface area contributed by atoms with Gasteiger partial charge in [0.1, 0.15) is 0 Å². The first kappa shape index (κ1) is 10.1. The Hall–Kier alpha value is -1.44. The minimum Gasteiger partial charge on any atom is -0.474 e. The number of nitrogens with zero attached hydrogens (tertiary/aromatic N) is 2. The fourth-order valence-electron chi connectivity index (χ4n) is 1.48. The third-order valence-corrected chi connectivity index (χ3v) is 3.97. The van der Waals surface area contributed by atoms with Crippen LogP contribution in [0.4, 0.5) is 0 Å². The van der Waals surface area contributed by atoms with E-state index in [-0.39, 0.29) is 23.3 Å². The van der Waals surface area contributed by atoms with Crippen molar-refractivity contribution in [2.75, 3.05) is 11.5 Å². The summed E-state index contributed by atoms with van der Waals surface area (Å²) in [4.78, 5) is 10.4. The standard InChI is InChI=1S/C7H8N2O5S/c10-7(11)6-9-8-5(14-6)4-1-2-15(12,13)3-4/h4H,1-3H2,(H,10,11). The van der Waals surface area contributed by atoms with Gasteiger partial charge in [-0.05, 0) is 6.42 Å². The Kier molecular flexibility index (Phi) is 2.22. The van der Waals surface area contributed by atoms with Crippen LogP contribution in [-0.2, 0) is 9.84 Å². The van der Waals surface area contributed by atoms with Gasteiger partial charge in [-0.1, -0.05) is 0 Å². The lowest BCUT2D eigenvalue weighted by molar-refractivity contribution is 0.0651. The molecule has 0 spiro atoms. The van der Waals surface area contributed by atoms with E-state index in [0.717, 1.165) is 0 Å². The Morgan fingerprint density at radius 2 is 2.20 bits per heavy atom. The summed E-state index contributed by atoms with van der Waals surface area (Å²) < 4.78 is 27.1. The van der Waals surface area contributed by atoms with E-state index in [4.69, 9.17) is 9.52 Å². The quantitative estimate of drug-likeness (QED) is 0.743. The molecule has 0 amide bonds. The molecule has 2 rings (SSSR count). The van der Waals surface area contributed by atoms with Crippen molar-refractivity contribution in [3.63, 3.8) is 0 Å². The van der Waals surface area contributed by atoms with Crippen LogP contribution in [0.3, 0.4) is 0 Å². The van der Waals surface area contributed by atoms with Gasteiger partial charge >= 0.3 is 11.9 Å². The molecule has 1 N–H and O–H groups in total. The minimum absolute atomic E-state index is 0.0474. The third-order valence-electron chi connectivity index (χ3n) is 2.21. The number of hydrogen-bond donors (Lipinski definition) is 1. The third kappa shape index (κ3) is 1.99. The van der Waals surface area contributed by atoms with E-state index < -0.39 is 21.7 Å². The molecule has 1 atom stereocenters. The van der Waals surface area contributed by atoms with Crippen molar-refractivity contribution in [2.45, 2.75) is 12.3 Å². The summed E-state index contributed by atoms with van der Waals surface area (Å²) >= 11 is 0. The molecule has 0 radical (unpaired) electrons. The van der Waals surface area contributed by atoms with Crippen LogP contribution in [0, 0.1) is 0 Å². The van der Waals surface area contributed by atoms with Crippen LogP contribution in [-0.4, -0.2) is 41.2 Å². The molecular formula is C7H8N2O5S. The molecule has 1 unspecified atom stereocenters. The van der Waals surface area contributed by atoms with Gasteiger partial charge in [0.25, 0.3) is 0 Å². The van der Waals surface area contributed by atoms with Crippen LogP contribution in [0.5, 0.6) is 0 Å². The van der Waals surface area contributed by atoms with Crippen LogP contribution in [0.2, 0.25) is 0 Å². The maximum atomic E-state index is 11.1. The summed E-state index contributed by atoms with van der Waals surface area (Å²) in [6.07, 6.45) is 0.406. The zero-order valence-corrected chi connectivity index (χ0v) is 8.40. The molecule has 1 aliphatic heterocycles. The zero-order valence-electron chi connectivity index (χ0n) is 7.58. The summed E-state index contributed by atoms with van der Waals surface area (Å²) in [6, 6.07) is 0. The highest BCUT2D eigenvalue weighted by atomic mass is 32.2. The van der Waals surface area contributed by atoms with Crippen molar-refractivity contribution >= 4 is 15.8 Å². The average Bonchev–Trinajstić information content (AvgIpc) is 2.70. The number of carbonyl (C=O) groups is 1. The Morgan fingerprint density at radius 1 is 1.47 bits per heavy atom. The highest BCUT2D eigenvalue weighted by molar-refractivity contribution is 7.91. The normalized spacial score (nSPS) is 24.1. The van der Waals surface area contributed by atoms with E-state index >= 15 is 0 Å². The second-order valence-corrected chi connectivity index (χ2v) is 5.58. The zero-order chi connectivity index (χ0) is 11.1. The van der Waals surface area contributed by atoms with Gasteiger partial charge in [0.15, 0.2) is 9.84 Å². The smallest absolute Gasteiger partial charge is 0.393 e. The highest BCUT2D eigenvalue weighted by Crippen LogP contribution is 2.27. The first-order valence-electron chi connectivity index (χ1n) is 4.25. The molecular weight excluding hydrogens is 224 g/mol. The van der Waals surface area contributed by atoms with Crippen LogP contribution in [0.15, 0.2) is 4.42 Å². The second kappa shape index (κ2) is 3.30. The van der Waals surface area contributed by atoms with Gasteiger partial charge < -0.3 is 9.52 Å². The minimum atomic E-state index is -3.03. The molecule has 0 saturated carbocycles. The summed E-state index contributed by atoms with van der Waals surface area (Å²) in [5.41, 5.74) is 0. The number of hydrogen-bond acceptors (Lipinski definition) is 6. The van der Waals surface area contributed by atoms with Crippen molar-refractivity contribution in [3.05, 3.63) is 11.8 Å². The number of carboxylic acid groups (broad SMARTS) is 1. The average molecular weight is 232 g/mol. The van der Waals surface area contributed by atoms with E-state index in [1.54, 1.807) is 0 Å². The lowest BCUT2D eigenvalue weighted by Crippen LogP contribution is -2.04. The van der Waals surface area contributed by atoms with Crippen molar-refractivity contribution in [3.8, 4) is 0 Å². The summed E-state index contributed by atoms with van der Waals surface area (Å²) in [5.74, 6) is -2.05. The maximum absolute atomic E-state index is 11.1. The topological polar surface area (TPSA) is 110 Å². The number of sulfone groups is 1. The lowest BCUT2D eigenvalue weighted by atomic mass is 10.1. The molecule has 2 heterocycles. The van der Waals surface area contributed by atoms with E-state index in [9.17, 15) is 13.2 Å². The van der Waals surface area contributed by atoms with Gasteiger partial charge in [-0.2, -0.15) is 0 Å². The van der Waals surface area contributed by atoms with E-state index in [1.165, 1.54) is 0 Å². The van der Waals surface area contributed by atoms with Crippen molar-refractivity contribution in [1.82, 2.24) is 10.2 Å². The predicted molar refractivity (Wildman–Crippen MR) is 47.3 cm³/mol. The first-order chi connectivity index (χ1) is 6.98. The van der Waals surface area contributed by atoms with Crippen LogP contribution < -0.4 is 0 Å². The molecule has 0 aromatic carbocycles. The summed E-state index contributed by atoms with van der Waals surface area (Å²) in [6.45, 7) is 0. The largest absolute Gasteiger partial charge is 0.474 e. The predicted octanol–water partition coefficient (Wildman–Crippen LogP) is -0.330. The molecule has 15 heavy (non-hydrogen) atoms. The molecule has 1 fully saturated rings. The van der Waals surface area contributed by atoms with Crippen LogP contribution >= 0.6 is 0 Å². The van der Waals surface area contributed by atoms with Gasteiger partial charge in [-0.3, -0.25) is 0 Å². The molecule has 7 nitrogen and oxygen atoms in total. The van der Waals surface area contributed by atoms with Gasteiger partial charge in [0.2, 0.25) is 5.89 Å². The Morgan fingerprint density at radius 3 is 2.67 bits per heavy atom. The Bertz CT molecular complexity index is 491. The van der Waals surface area contributed by atoms with Crippen molar-refractivity contribution in [2.24, 2.45) is 0 Å². The molecule has 0 aliphatic carbocycles. The fraction of sp³-hybridized carbons (Fsp3) is 0.571. The molecule has 1 saturated heterocycles. The lowest BCUT2D eigenvalue weighted by Gasteiger charge is -1.98. The van der Waals surface area contributed by atoms with Gasteiger partial charge in [0, 0.05) is 0 Å². The molecule has 8 heteroatoms. The molecule has 82 valence electrons. The SMILES string of the molecule is O=C(O)c1nnc(C2CCS(=O)(=O)C2)o1. The molecule has 1 aromatic rings. The Balaban J connectivity index is 2.21. The number of aromatic nitrogens is 2. The maximum Gasteiger partial charge on any atom is 0.393 e. The van der Waals surface area contributed by atoms with Gasteiger partial charge in [-0.25, -0.2) is 13.2 Å². The van der Waals surface area contributed by atoms with Crippen molar-refractivity contribution in [1.29, 1.82) is 0 Å². The van der Waals surface area contributed by atoms with E-state index in [2.05, 4.69) is 10.2 Å². The van der Waals surface area contributed by atoms with Crippen LogP contribution in [0.25, 0.3) is 0 Å². The Labute approximate surface area is 85.0 Å². The molecule has 1 aliphatic rings. The van der Waals surface area contributed by atoms with Gasteiger partial charge in [-0.15, -0.1) is 10.2 Å². The van der Waals surface area contributed by atoms with E-state index in [1.807, 2.05) is 0 Å². The van der Waals surface area contributed by atoms with Crippen LogP contribution in [0.1, 0.15) is 28.9 Å². The second-order valence-electron chi connectivity index (χ2n) is 3.35. The van der Waals surface area contributed by atoms with Crippen molar-refractivity contribution < 1.29 is 22.7 Å². The van der Waals surface area contributed by atoms with Gasteiger partial charge in [0.05, 0.1) is 17.4 Å². The molecule has 1 aromatic heterocycles.